The van der Waals surface area contributed by atoms with Crippen molar-refractivity contribution >= 4 is 31.5 Å². The van der Waals surface area contributed by atoms with Gasteiger partial charge in [0.2, 0.25) is 6.79 Å². The number of carbonyl (C=O) groups is 3. The van der Waals surface area contributed by atoms with Gasteiger partial charge >= 0.3 is 17.9 Å². The van der Waals surface area contributed by atoms with Gasteiger partial charge < -0.3 is 29.5 Å². The molecule has 0 aromatic heterocycles. The van der Waals surface area contributed by atoms with Crippen LogP contribution < -0.4 is 0 Å². The van der Waals surface area contributed by atoms with Gasteiger partial charge in [-0.3, -0.25) is 14.4 Å². The quantitative estimate of drug-likeness (QED) is 0.132. The predicted octanol–water partition coefficient (Wildman–Crippen LogP) is 5.21. The van der Waals surface area contributed by atoms with E-state index in [9.17, 15) is 34.4 Å². The third kappa shape index (κ3) is 7.44. The van der Waals surface area contributed by atoms with Crippen LogP contribution >= 0.6 is 7.34 Å². The van der Waals surface area contributed by atoms with Gasteiger partial charge in [0.1, 0.15) is 7.34 Å². The Bertz CT molecular complexity index is 1040. The van der Waals surface area contributed by atoms with Crippen molar-refractivity contribution in [1.29, 1.82) is 0 Å². The number of ether oxygens (including phenoxy) is 2. The number of rotatable bonds is 12. The highest BCUT2D eigenvalue weighted by Crippen LogP contribution is 2.68. The molecular weight excluding hydrogens is 559 g/mol. The van der Waals surface area contributed by atoms with Crippen LogP contribution in [0.25, 0.3) is 0 Å². The zero-order chi connectivity index (χ0) is 30.9. The summed E-state index contributed by atoms with van der Waals surface area (Å²) in [5.74, 6) is 0.433. The number of carboxylic acid groups (broad SMARTS) is 1. The van der Waals surface area contributed by atoms with E-state index in [4.69, 9.17) is 9.47 Å². The molecule has 4 saturated carbocycles. The van der Waals surface area contributed by atoms with Crippen LogP contribution in [-0.4, -0.2) is 63.3 Å². The number of aliphatic hydroxyl groups excluding tert-OH is 1. The average Bonchev–Trinajstić information content (AvgIpc) is 3.26. The van der Waals surface area contributed by atoms with Gasteiger partial charge in [-0.1, -0.05) is 27.1 Å². The molecule has 10 atom stereocenters. The molecule has 4 rings (SSSR count). The highest BCUT2D eigenvalue weighted by atomic mass is 31.2. The Morgan fingerprint density at radius 1 is 0.905 bits per heavy atom. The molecule has 0 amide bonds. The summed E-state index contributed by atoms with van der Waals surface area (Å²) in [5.41, 5.74) is 0.671. The first-order chi connectivity index (χ1) is 19.6. The molecule has 9 nitrogen and oxygen atoms in total. The van der Waals surface area contributed by atoms with Gasteiger partial charge in [0, 0.05) is 19.0 Å². The average molecular weight is 613 g/mol. The minimum atomic E-state index is -3.53. The highest BCUT2D eigenvalue weighted by Gasteiger charge is 2.60. The van der Waals surface area contributed by atoms with Gasteiger partial charge in [-0.25, -0.2) is 0 Å². The normalized spacial score (nSPS) is 37.5. The fourth-order valence-corrected chi connectivity index (χ4v) is 11.0. The summed E-state index contributed by atoms with van der Waals surface area (Å²) in [6.45, 7) is 6.78. The molecule has 0 aromatic rings. The van der Waals surface area contributed by atoms with Crippen LogP contribution in [0.3, 0.4) is 0 Å². The van der Waals surface area contributed by atoms with Gasteiger partial charge in [-0.2, -0.15) is 0 Å². The summed E-state index contributed by atoms with van der Waals surface area (Å²) in [4.78, 5) is 54.6. The molecule has 0 radical (unpaired) electrons. The number of hydrogen-bond donors (Lipinski definition) is 4. The van der Waals surface area contributed by atoms with Crippen LogP contribution in [0.15, 0.2) is 0 Å². The van der Waals surface area contributed by atoms with Crippen molar-refractivity contribution in [2.75, 3.05) is 13.0 Å². The van der Waals surface area contributed by atoms with E-state index in [0.717, 1.165) is 43.4 Å². The van der Waals surface area contributed by atoms with E-state index >= 15 is 0 Å². The predicted molar refractivity (Wildman–Crippen MR) is 160 cm³/mol. The largest absolute Gasteiger partial charge is 0.481 e. The molecule has 240 valence electrons. The van der Waals surface area contributed by atoms with Gasteiger partial charge in [-0.05, 0) is 117 Å². The minimum Gasteiger partial charge on any atom is -0.481 e. The van der Waals surface area contributed by atoms with Crippen LogP contribution in [0, 0.1) is 52.3 Å². The van der Waals surface area contributed by atoms with Crippen LogP contribution in [0.5, 0.6) is 0 Å². The van der Waals surface area contributed by atoms with E-state index in [0.29, 0.717) is 28.6 Å². The summed E-state index contributed by atoms with van der Waals surface area (Å²) < 4.78 is 10.1. The Kier molecular flexibility index (Phi) is 10.6. The van der Waals surface area contributed by atoms with Gasteiger partial charge in [-0.15, -0.1) is 0 Å². The van der Waals surface area contributed by atoms with Gasteiger partial charge in [0.05, 0.1) is 12.0 Å². The first-order valence-electron chi connectivity index (χ1n) is 16.0. The lowest BCUT2D eigenvalue weighted by molar-refractivity contribution is -0.167. The number of carbonyl (C=O) groups excluding carboxylic acids is 2. The summed E-state index contributed by atoms with van der Waals surface area (Å²) in [7, 11) is -3.53. The van der Waals surface area contributed by atoms with Crippen LogP contribution in [0.4, 0.5) is 0 Å². The Labute approximate surface area is 250 Å². The third-order valence-electron chi connectivity index (χ3n) is 12.2. The van der Waals surface area contributed by atoms with Gasteiger partial charge in [0.25, 0.3) is 0 Å². The number of aliphatic hydroxyl groups is 1. The molecule has 42 heavy (non-hydrogen) atoms. The molecule has 10 heteroatoms. The van der Waals surface area contributed by atoms with Crippen molar-refractivity contribution in [1.82, 2.24) is 0 Å². The molecule has 0 aromatic carbocycles. The SMILES string of the molecule is C=P(O)(O)CC(CCC(=O)OCOC(=O)CC[C@@H](C)C1CCC2C3CC[C@@H]4C[C@H](O)CC[C@]4(C)C3CC[C@@]21C)C(=O)O. The molecule has 4 fully saturated rings. The molecule has 4 aliphatic rings. The molecule has 5 unspecified atom stereocenters. The number of aliphatic carboxylic acids is 1. The number of carboxylic acids is 1. The second-order valence-corrected chi connectivity index (χ2v) is 16.7. The summed E-state index contributed by atoms with van der Waals surface area (Å²) in [6.07, 6.45) is 13.9. The summed E-state index contributed by atoms with van der Waals surface area (Å²) in [5, 5.41) is 19.5. The number of fused-ring (bicyclic) bond motifs is 5. The zero-order valence-corrected chi connectivity index (χ0v) is 26.6. The molecule has 0 heterocycles. The highest BCUT2D eigenvalue weighted by molar-refractivity contribution is 7.62. The third-order valence-corrected chi connectivity index (χ3v) is 13.2. The van der Waals surface area contributed by atoms with Gasteiger partial charge in [0.15, 0.2) is 0 Å². The second kappa shape index (κ2) is 13.3. The first-order valence-corrected chi connectivity index (χ1v) is 18.1. The maximum absolute atomic E-state index is 12.4. The molecule has 0 saturated heterocycles. The van der Waals surface area contributed by atoms with Crippen LogP contribution in [-0.2, 0) is 23.9 Å². The lowest BCUT2D eigenvalue weighted by atomic mass is 9.44. The molecule has 0 bridgehead atoms. The zero-order valence-electron chi connectivity index (χ0n) is 25.7. The number of hydrogen-bond acceptors (Lipinski definition) is 8. The molecule has 4 aliphatic carbocycles. The first kappa shape index (κ1) is 33.5. The van der Waals surface area contributed by atoms with Crippen LogP contribution in [0.2, 0.25) is 0 Å². The Hall–Kier alpha value is -1.41. The second-order valence-electron chi connectivity index (χ2n) is 14.6. The Balaban J connectivity index is 1.20. The van der Waals surface area contributed by atoms with E-state index in [1.807, 2.05) is 0 Å². The lowest BCUT2D eigenvalue weighted by Crippen LogP contribution is -2.54. The van der Waals surface area contributed by atoms with E-state index in [2.05, 4.69) is 27.1 Å². The molecule has 0 spiro atoms. The molecule has 4 N–H and O–H groups in total. The van der Waals surface area contributed by atoms with Crippen molar-refractivity contribution < 1.29 is 43.9 Å². The standard InChI is InChI=1S/C32H53O9P/c1-20(5-11-28(34)40-19-41-29(35)12-6-21(30(36)37)18-42(4,38)39)25-9-10-26-24-8-7-22-17-23(33)13-15-31(22,2)27(24)14-16-32(25,26)3/h20-27,33,38-39H,4-19H2,1-3H3,(H,36,37)/t20-,21?,22-,23-,24?,25?,26?,27?,31+,32-/m1/s1. The van der Waals surface area contributed by atoms with E-state index in [1.165, 1.54) is 38.5 Å². The summed E-state index contributed by atoms with van der Waals surface area (Å²) >= 11 is 0. The van der Waals surface area contributed by atoms with Crippen molar-refractivity contribution in [3.05, 3.63) is 0 Å². The molecule has 0 aliphatic heterocycles. The van der Waals surface area contributed by atoms with Crippen molar-refractivity contribution in [3.63, 3.8) is 0 Å². The Morgan fingerprint density at radius 3 is 2.17 bits per heavy atom. The lowest BCUT2D eigenvalue weighted by Gasteiger charge is -2.61. The van der Waals surface area contributed by atoms with E-state index < -0.39 is 44.1 Å². The fraction of sp³-hybridized carbons (Fsp3) is 0.875. The summed E-state index contributed by atoms with van der Waals surface area (Å²) in [6, 6.07) is 0. The maximum atomic E-state index is 12.4. The van der Waals surface area contributed by atoms with Crippen molar-refractivity contribution in [2.24, 2.45) is 52.3 Å². The molecular formula is C32H53O9P. The van der Waals surface area contributed by atoms with Crippen LogP contribution in [0.1, 0.15) is 104 Å². The minimum absolute atomic E-state index is 0.114. The van der Waals surface area contributed by atoms with Crippen molar-refractivity contribution in [3.8, 4) is 0 Å². The maximum Gasteiger partial charge on any atom is 0.308 e. The van der Waals surface area contributed by atoms with Crippen molar-refractivity contribution in [2.45, 2.75) is 110 Å². The number of esters is 2. The van der Waals surface area contributed by atoms with E-state index in [1.54, 1.807) is 0 Å². The Morgan fingerprint density at radius 2 is 1.52 bits per heavy atom. The monoisotopic (exact) mass is 612 g/mol. The topological polar surface area (TPSA) is 151 Å². The van der Waals surface area contributed by atoms with E-state index in [-0.39, 0.29) is 25.4 Å². The fourth-order valence-electron chi connectivity index (χ4n) is 10.0. The smallest absolute Gasteiger partial charge is 0.308 e.